The van der Waals surface area contributed by atoms with Gasteiger partial charge in [-0.25, -0.2) is 0 Å². The fraction of sp³-hybridized carbons (Fsp3) is 1.00. The van der Waals surface area contributed by atoms with E-state index in [0.29, 0.717) is 12.8 Å². The second-order valence-corrected chi connectivity index (χ2v) is 3.78. The highest BCUT2D eigenvalue weighted by Crippen LogP contribution is 2.19. The summed E-state index contributed by atoms with van der Waals surface area (Å²) in [5.41, 5.74) is 0. The van der Waals surface area contributed by atoms with Gasteiger partial charge in [0.2, 0.25) is 0 Å². The maximum atomic E-state index is 9.75. The third kappa shape index (κ3) is 3.92. The van der Waals surface area contributed by atoms with Gasteiger partial charge in [0.1, 0.15) is 6.10 Å². The van der Waals surface area contributed by atoms with Gasteiger partial charge in [0.15, 0.2) is 5.79 Å². The van der Waals surface area contributed by atoms with E-state index in [0.717, 1.165) is 0 Å². The molecule has 14 heavy (non-hydrogen) atoms. The molecule has 0 radical (unpaired) electrons. The van der Waals surface area contributed by atoms with Crippen LogP contribution in [0.2, 0.25) is 0 Å². The molecule has 4 atom stereocenters. The molecule has 0 aliphatic heterocycles. The molecule has 0 spiro atoms. The summed E-state index contributed by atoms with van der Waals surface area (Å²) in [4.78, 5) is 0. The fourth-order valence-electron chi connectivity index (χ4n) is 1.29. The van der Waals surface area contributed by atoms with Crippen molar-refractivity contribution in [2.45, 2.75) is 64.6 Å². The van der Waals surface area contributed by atoms with Crippen LogP contribution in [0.25, 0.3) is 0 Å². The lowest BCUT2D eigenvalue weighted by atomic mass is 10.1. The molecule has 4 nitrogen and oxygen atoms in total. The Bertz CT molecular complexity index is 156. The second kappa shape index (κ2) is 5.66. The van der Waals surface area contributed by atoms with Gasteiger partial charge in [-0.15, -0.1) is 0 Å². The number of aliphatic hydroxyl groups is 3. The number of rotatable bonds is 6. The van der Waals surface area contributed by atoms with E-state index in [9.17, 15) is 15.3 Å². The van der Waals surface area contributed by atoms with Crippen molar-refractivity contribution in [3.8, 4) is 0 Å². The van der Waals surface area contributed by atoms with Crippen molar-refractivity contribution in [2.24, 2.45) is 0 Å². The molecule has 0 aliphatic rings. The maximum Gasteiger partial charge on any atom is 0.189 e. The van der Waals surface area contributed by atoms with E-state index in [1.54, 1.807) is 13.8 Å². The summed E-state index contributed by atoms with van der Waals surface area (Å²) in [5, 5.41) is 28.5. The van der Waals surface area contributed by atoms with E-state index in [1.165, 1.54) is 6.92 Å². The van der Waals surface area contributed by atoms with Crippen LogP contribution < -0.4 is 0 Å². The second-order valence-electron chi connectivity index (χ2n) is 3.78. The molecule has 0 rings (SSSR count). The zero-order valence-electron chi connectivity index (χ0n) is 9.40. The molecule has 0 aromatic rings. The molecule has 4 unspecified atom stereocenters. The minimum atomic E-state index is -1.59. The molecule has 3 N–H and O–H groups in total. The van der Waals surface area contributed by atoms with Crippen LogP contribution in [-0.4, -0.2) is 39.4 Å². The van der Waals surface area contributed by atoms with Gasteiger partial charge >= 0.3 is 0 Å². The molecular weight excluding hydrogens is 184 g/mol. The zero-order valence-corrected chi connectivity index (χ0v) is 9.40. The lowest BCUT2D eigenvalue weighted by molar-refractivity contribution is -0.277. The predicted molar refractivity (Wildman–Crippen MR) is 53.8 cm³/mol. The molecule has 0 saturated heterocycles. The van der Waals surface area contributed by atoms with Crippen LogP contribution in [0.4, 0.5) is 0 Å². The molecule has 0 amide bonds. The van der Waals surface area contributed by atoms with E-state index in [4.69, 9.17) is 4.74 Å². The van der Waals surface area contributed by atoms with Gasteiger partial charge in [-0.3, -0.25) is 0 Å². The molecule has 86 valence electrons. The van der Waals surface area contributed by atoms with Crippen LogP contribution in [0.5, 0.6) is 0 Å². The lowest BCUT2D eigenvalue weighted by Gasteiger charge is -2.33. The summed E-state index contributed by atoms with van der Waals surface area (Å²) < 4.78 is 5.26. The Morgan fingerprint density at radius 2 is 1.71 bits per heavy atom. The van der Waals surface area contributed by atoms with Crippen LogP contribution in [0.1, 0.15) is 40.5 Å². The van der Waals surface area contributed by atoms with Gasteiger partial charge in [-0.1, -0.05) is 13.8 Å². The topological polar surface area (TPSA) is 69.9 Å². The normalized spacial score (nSPS) is 22.5. The molecule has 0 saturated carbocycles. The van der Waals surface area contributed by atoms with Gasteiger partial charge < -0.3 is 20.1 Å². The average molecular weight is 206 g/mol. The first-order valence-corrected chi connectivity index (χ1v) is 5.11. The molecule has 0 bridgehead atoms. The Hall–Kier alpha value is -0.160. The highest BCUT2D eigenvalue weighted by molar-refractivity contribution is 4.74. The van der Waals surface area contributed by atoms with Crippen LogP contribution in [-0.2, 0) is 4.74 Å². The Labute approximate surface area is 85.5 Å². The van der Waals surface area contributed by atoms with E-state index in [1.807, 2.05) is 6.92 Å². The maximum absolute atomic E-state index is 9.75. The third-order valence-corrected chi connectivity index (χ3v) is 2.34. The predicted octanol–water partition coefficient (Wildman–Crippen LogP) is 0.642. The molecule has 0 heterocycles. The summed E-state index contributed by atoms with van der Waals surface area (Å²) in [6.45, 7) is 6.62. The minimum absolute atomic E-state index is 0.406. The standard InChI is InChI=1S/C10H22O4/c1-5-8(7(3)11)14-10(4,13)9(12)6-2/h7-9,11-13H,5-6H2,1-4H3. The van der Waals surface area contributed by atoms with Gasteiger partial charge in [-0.05, 0) is 26.7 Å². The number of aliphatic hydroxyl groups excluding tert-OH is 2. The van der Waals surface area contributed by atoms with E-state index < -0.39 is 24.1 Å². The number of hydrogen-bond acceptors (Lipinski definition) is 4. The summed E-state index contributed by atoms with van der Waals surface area (Å²) >= 11 is 0. The van der Waals surface area contributed by atoms with Gasteiger partial charge in [-0.2, -0.15) is 0 Å². The van der Waals surface area contributed by atoms with Crippen LogP contribution in [0.3, 0.4) is 0 Å². The van der Waals surface area contributed by atoms with Crippen molar-refractivity contribution >= 4 is 0 Å². The minimum Gasteiger partial charge on any atom is -0.391 e. The SMILES string of the molecule is CCC(OC(C)(O)C(O)CC)C(C)O. The first kappa shape index (κ1) is 13.8. The van der Waals surface area contributed by atoms with E-state index in [-0.39, 0.29) is 0 Å². The summed E-state index contributed by atoms with van der Waals surface area (Å²) in [6.07, 6.45) is -1.05. The third-order valence-electron chi connectivity index (χ3n) is 2.34. The van der Waals surface area contributed by atoms with Gasteiger partial charge in [0.25, 0.3) is 0 Å². The Balaban J connectivity index is 4.31. The average Bonchev–Trinajstić information content (AvgIpc) is 2.12. The van der Waals surface area contributed by atoms with Gasteiger partial charge in [0.05, 0.1) is 12.2 Å². The molecule has 4 heteroatoms. The molecular formula is C10H22O4. The van der Waals surface area contributed by atoms with Crippen molar-refractivity contribution in [1.29, 1.82) is 0 Å². The largest absolute Gasteiger partial charge is 0.391 e. The summed E-state index contributed by atoms with van der Waals surface area (Å²) in [5.74, 6) is -1.59. The van der Waals surface area contributed by atoms with Crippen molar-refractivity contribution in [2.75, 3.05) is 0 Å². The van der Waals surface area contributed by atoms with Crippen LogP contribution >= 0.6 is 0 Å². The zero-order chi connectivity index (χ0) is 11.4. The van der Waals surface area contributed by atoms with E-state index in [2.05, 4.69) is 0 Å². The number of hydrogen-bond donors (Lipinski definition) is 3. The van der Waals surface area contributed by atoms with Crippen molar-refractivity contribution in [1.82, 2.24) is 0 Å². The van der Waals surface area contributed by atoms with Crippen LogP contribution in [0, 0.1) is 0 Å². The molecule has 0 aromatic heterocycles. The smallest absolute Gasteiger partial charge is 0.189 e. The number of ether oxygens (including phenoxy) is 1. The van der Waals surface area contributed by atoms with Crippen molar-refractivity contribution in [3.63, 3.8) is 0 Å². The lowest BCUT2D eigenvalue weighted by Crippen LogP contribution is -2.46. The fourth-order valence-corrected chi connectivity index (χ4v) is 1.29. The van der Waals surface area contributed by atoms with E-state index >= 15 is 0 Å². The molecule has 0 aromatic carbocycles. The Morgan fingerprint density at radius 3 is 2.00 bits per heavy atom. The van der Waals surface area contributed by atoms with Crippen molar-refractivity contribution in [3.05, 3.63) is 0 Å². The van der Waals surface area contributed by atoms with Crippen LogP contribution in [0.15, 0.2) is 0 Å². The quantitative estimate of drug-likeness (QED) is 0.558. The van der Waals surface area contributed by atoms with Gasteiger partial charge in [0, 0.05) is 0 Å². The highest BCUT2D eigenvalue weighted by Gasteiger charge is 2.33. The first-order valence-electron chi connectivity index (χ1n) is 5.11. The highest BCUT2D eigenvalue weighted by atomic mass is 16.6. The van der Waals surface area contributed by atoms with Crippen molar-refractivity contribution < 1.29 is 20.1 Å². The summed E-state index contributed by atoms with van der Waals surface area (Å²) in [7, 11) is 0. The monoisotopic (exact) mass is 206 g/mol. The molecule has 0 fully saturated rings. The Kier molecular flexibility index (Phi) is 5.59. The molecule has 0 aliphatic carbocycles. The summed E-state index contributed by atoms with van der Waals surface area (Å²) in [6, 6.07) is 0. The first-order chi connectivity index (χ1) is 6.35. The Morgan fingerprint density at radius 1 is 1.21 bits per heavy atom.